The zero-order valence-corrected chi connectivity index (χ0v) is 33.5. The number of aliphatic imine (C=N–C) groups is 1. The number of carboxylic acid groups (broad SMARTS) is 1. The second kappa shape index (κ2) is 21.1. The second-order valence-corrected chi connectivity index (χ2v) is 14.9. The van der Waals surface area contributed by atoms with Crippen LogP contribution in [0.5, 0.6) is 5.75 Å². The predicted molar refractivity (Wildman–Crippen MR) is 213 cm³/mol. The largest absolute Gasteiger partial charge is 0.490 e. The molecule has 0 bridgehead atoms. The smallest absolute Gasteiger partial charge is 0.410 e. The molecule has 0 spiro atoms. The molecule has 15 heteroatoms. The molecule has 3 N–H and O–H groups in total. The maximum atomic E-state index is 13.5. The SMILES string of the molecule is C=CCCCN(CC(=O)Nc1c(Cl)cc(C(C(=NC(=O)CC(=NOCC)c2ccc(OCC=C)cc2)NC(=O)O)C(C)(C)C)cc1Cl)C(=O)OC(C)(C)C. The van der Waals surface area contributed by atoms with E-state index in [-0.39, 0.29) is 53.4 Å². The van der Waals surface area contributed by atoms with Crippen molar-refractivity contribution in [2.75, 3.05) is 31.6 Å². The van der Waals surface area contributed by atoms with Crippen LogP contribution in [0.4, 0.5) is 15.3 Å². The standard InChI is InChI=1S/C39H51Cl2N5O8/c1-10-13-14-19-46(37(51)54-39(7,8)9)24-32(48)42-34-28(40)21-26(22-29(34)41)33(38(4,5)6)35(44-36(49)50)43-31(47)23-30(45-53-12-3)25-15-17-27(18-16-25)52-20-11-2/h10-11,15-18,21-22,33H,1-2,12-14,19-20,23-24H2,3-9H3,(H,42,48)(H,49,50)(H,43,44,47). The summed E-state index contributed by atoms with van der Waals surface area (Å²) in [6.07, 6.45) is 2.10. The summed E-state index contributed by atoms with van der Waals surface area (Å²) in [6, 6.07) is 9.87. The highest BCUT2D eigenvalue weighted by atomic mass is 35.5. The summed E-state index contributed by atoms with van der Waals surface area (Å²) < 4.78 is 11.0. The van der Waals surface area contributed by atoms with E-state index >= 15 is 0 Å². The highest BCUT2D eigenvalue weighted by molar-refractivity contribution is 6.40. The third-order valence-electron chi connectivity index (χ3n) is 7.28. The third-order valence-corrected chi connectivity index (χ3v) is 7.88. The number of amidine groups is 1. The number of nitrogens with zero attached hydrogens (tertiary/aromatic N) is 3. The Labute approximate surface area is 327 Å². The monoisotopic (exact) mass is 787 g/mol. The van der Waals surface area contributed by atoms with Crippen LogP contribution in [0.1, 0.15) is 84.8 Å². The quantitative estimate of drug-likeness (QED) is 0.0470. The molecular formula is C39H51Cl2N5O8. The molecule has 4 amide bonds. The van der Waals surface area contributed by atoms with Crippen molar-refractivity contribution in [3.63, 3.8) is 0 Å². The lowest BCUT2D eigenvalue weighted by Crippen LogP contribution is -2.42. The van der Waals surface area contributed by atoms with Crippen molar-refractivity contribution in [2.24, 2.45) is 15.6 Å². The molecule has 0 aliphatic heterocycles. The molecule has 0 aliphatic carbocycles. The van der Waals surface area contributed by atoms with Gasteiger partial charge in [-0.3, -0.25) is 19.8 Å². The van der Waals surface area contributed by atoms with Gasteiger partial charge in [0.25, 0.3) is 5.91 Å². The first-order valence-corrected chi connectivity index (χ1v) is 18.1. The second-order valence-electron chi connectivity index (χ2n) is 14.1. The maximum absolute atomic E-state index is 13.5. The van der Waals surface area contributed by atoms with E-state index < -0.39 is 40.9 Å². The average Bonchev–Trinajstić information content (AvgIpc) is 3.05. The van der Waals surface area contributed by atoms with Crippen molar-refractivity contribution in [3.05, 3.63) is 82.9 Å². The number of hydrogen-bond donors (Lipinski definition) is 3. The lowest BCUT2D eigenvalue weighted by Gasteiger charge is -2.32. The Morgan fingerprint density at radius 1 is 1.00 bits per heavy atom. The summed E-state index contributed by atoms with van der Waals surface area (Å²) in [5.74, 6) is -1.74. The Morgan fingerprint density at radius 2 is 1.63 bits per heavy atom. The van der Waals surface area contributed by atoms with Crippen LogP contribution >= 0.6 is 23.2 Å². The molecule has 2 aromatic carbocycles. The first-order valence-electron chi connectivity index (χ1n) is 17.3. The molecule has 2 rings (SSSR count). The fourth-order valence-corrected chi connectivity index (χ4v) is 5.70. The van der Waals surface area contributed by atoms with E-state index in [1.807, 2.05) is 20.8 Å². The number of benzene rings is 2. The van der Waals surface area contributed by atoms with Gasteiger partial charge in [0.1, 0.15) is 36.9 Å². The van der Waals surface area contributed by atoms with Crippen LogP contribution in [0.25, 0.3) is 0 Å². The molecule has 0 heterocycles. The van der Waals surface area contributed by atoms with E-state index in [1.165, 1.54) is 17.0 Å². The van der Waals surface area contributed by atoms with Gasteiger partial charge in [-0.1, -0.05) is 67.9 Å². The number of nitrogens with one attached hydrogen (secondary N) is 2. The number of allylic oxidation sites excluding steroid dienone is 1. The number of anilines is 1. The van der Waals surface area contributed by atoms with Crippen LogP contribution in [0.2, 0.25) is 10.0 Å². The summed E-state index contributed by atoms with van der Waals surface area (Å²) in [5.41, 5.74) is -0.199. The Morgan fingerprint density at radius 3 is 2.15 bits per heavy atom. The van der Waals surface area contributed by atoms with E-state index in [2.05, 4.69) is 33.9 Å². The minimum Gasteiger partial charge on any atom is -0.490 e. The van der Waals surface area contributed by atoms with E-state index in [0.717, 1.165) is 0 Å². The zero-order valence-electron chi connectivity index (χ0n) is 32.0. The van der Waals surface area contributed by atoms with Gasteiger partial charge in [0.05, 0.1) is 27.9 Å². The molecule has 294 valence electrons. The molecule has 13 nitrogen and oxygen atoms in total. The van der Waals surface area contributed by atoms with E-state index in [4.69, 9.17) is 37.5 Å². The first kappa shape index (κ1) is 45.3. The van der Waals surface area contributed by atoms with Crippen molar-refractivity contribution in [1.82, 2.24) is 10.2 Å². The number of oxime groups is 1. The molecule has 0 aliphatic rings. The van der Waals surface area contributed by atoms with Gasteiger partial charge < -0.3 is 24.7 Å². The Bertz CT molecular complexity index is 1690. The average molecular weight is 789 g/mol. The number of unbranched alkanes of at least 4 members (excludes halogenated alkanes) is 1. The summed E-state index contributed by atoms with van der Waals surface area (Å²) >= 11 is 13.4. The molecule has 0 saturated heterocycles. The van der Waals surface area contributed by atoms with Crippen molar-refractivity contribution >= 4 is 64.4 Å². The Hall–Kier alpha value is -4.88. The molecule has 0 aromatic heterocycles. The number of amides is 4. The number of halogens is 2. The fourth-order valence-electron chi connectivity index (χ4n) is 5.11. The van der Waals surface area contributed by atoms with Crippen LogP contribution in [-0.2, 0) is 19.2 Å². The van der Waals surface area contributed by atoms with E-state index in [0.29, 0.717) is 36.3 Å². The number of rotatable bonds is 17. The first-order chi connectivity index (χ1) is 25.3. The molecule has 0 fully saturated rings. The Balaban J connectivity index is 2.47. The van der Waals surface area contributed by atoms with E-state index in [1.54, 1.807) is 64.1 Å². The Kier molecular flexibility index (Phi) is 17.7. The highest BCUT2D eigenvalue weighted by Crippen LogP contribution is 2.41. The zero-order chi connectivity index (χ0) is 40.6. The number of carbonyl (C=O) groups is 4. The summed E-state index contributed by atoms with van der Waals surface area (Å²) in [7, 11) is 0. The minimum atomic E-state index is -1.45. The van der Waals surface area contributed by atoms with Gasteiger partial charge in [-0.25, -0.2) is 9.59 Å². The van der Waals surface area contributed by atoms with Crippen LogP contribution in [0.3, 0.4) is 0 Å². The van der Waals surface area contributed by atoms with Gasteiger partial charge in [0, 0.05) is 18.0 Å². The number of ether oxygens (including phenoxy) is 2. The molecule has 2 aromatic rings. The molecule has 0 radical (unpaired) electrons. The van der Waals surface area contributed by atoms with Gasteiger partial charge in [0.2, 0.25) is 5.91 Å². The molecular weight excluding hydrogens is 737 g/mol. The van der Waals surface area contributed by atoms with Crippen molar-refractivity contribution in [1.29, 1.82) is 0 Å². The van der Waals surface area contributed by atoms with E-state index in [9.17, 15) is 24.3 Å². The van der Waals surface area contributed by atoms with Crippen molar-refractivity contribution in [2.45, 2.75) is 79.2 Å². The van der Waals surface area contributed by atoms with Crippen molar-refractivity contribution < 1.29 is 38.6 Å². The van der Waals surface area contributed by atoms with Crippen LogP contribution in [0.15, 0.2) is 71.9 Å². The highest BCUT2D eigenvalue weighted by Gasteiger charge is 2.34. The fraction of sp³-hybridized carbons (Fsp3) is 0.436. The minimum absolute atomic E-state index is 0.0308. The summed E-state index contributed by atoms with van der Waals surface area (Å²) in [5, 5.41) is 19.0. The van der Waals surface area contributed by atoms with Gasteiger partial charge in [-0.05, 0) is 87.9 Å². The predicted octanol–water partition coefficient (Wildman–Crippen LogP) is 8.85. The van der Waals surface area contributed by atoms with Crippen LogP contribution < -0.4 is 15.4 Å². The lowest BCUT2D eigenvalue weighted by molar-refractivity contribution is -0.117. The topological polar surface area (TPSA) is 168 Å². The number of hydrogen-bond acceptors (Lipinski definition) is 8. The molecule has 1 atom stereocenters. The normalized spacial score (nSPS) is 12.6. The summed E-state index contributed by atoms with van der Waals surface area (Å²) in [4.78, 5) is 62.4. The molecule has 1 unspecified atom stereocenters. The summed E-state index contributed by atoms with van der Waals surface area (Å²) in [6.45, 7) is 20.2. The molecule has 0 saturated carbocycles. The number of carbonyl (C=O) groups excluding carboxylic acids is 3. The van der Waals surface area contributed by atoms with Gasteiger partial charge in [-0.15, -0.1) is 6.58 Å². The molecule has 54 heavy (non-hydrogen) atoms. The maximum Gasteiger partial charge on any atom is 0.410 e. The van der Waals surface area contributed by atoms with Crippen LogP contribution in [0, 0.1) is 5.41 Å². The lowest BCUT2D eigenvalue weighted by atomic mass is 9.75. The third kappa shape index (κ3) is 15.2. The van der Waals surface area contributed by atoms with Gasteiger partial charge in [-0.2, -0.15) is 4.99 Å². The van der Waals surface area contributed by atoms with Crippen LogP contribution in [-0.4, -0.2) is 77.5 Å². The van der Waals surface area contributed by atoms with Crippen molar-refractivity contribution in [3.8, 4) is 5.75 Å². The van der Waals surface area contributed by atoms with Gasteiger partial charge >= 0.3 is 12.2 Å². The van der Waals surface area contributed by atoms with Gasteiger partial charge in [0.15, 0.2) is 0 Å².